The van der Waals surface area contributed by atoms with E-state index in [0.717, 1.165) is 0 Å². The van der Waals surface area contributed by atoms with Crippen molar-refractivity contribution in [3.63, 3.8) is 0 Å². The van der Waals surface area contributed by atoms with E-state index >= 15 is 0 Å². The third kappa shape index (κ3) is 9.12. The van der Waals surface area contributed by atoms with Crippen LogP contribution in [0, 0.1) is 10.8 Å². The molecule has 1 saturated heterocycles. The third-order valence-electron chi connectivity index (χ3n) is 11.1. The lowest BCUT2D eigenvalue weighted by Gasteiger charge is -2.29. The van der Waals surface area contributed by atoms with Gasteiger partial charge in [-0.3, -0.25) is 33.9 Å². The molecule has 2 aliphatic rings. The molecule has 17 heteroatoms. The fourth-order valence-corrected chi connectivity index (χ4v) is 7.82. The van der Waals surface area contributed by atoms with Crippen LogP contribution in [0.5, 0.6) is 23.0 Å². The van der Waals surface area contributed by atoms with Crippen LogP contribution in [0.1, 0.15) is 110 Å². The average molecular weight is 857 g/mol. The van der Waals surface area contributed by atoms with Crippen molar-refractivity contribution < 1.29 is 38.9 Å². The molecule has 326 valence electrons. The number of imide groups is 1. The molecule has 0 saturated carbocycles. The first-order valence-electron chi connectivity index (χ1n) is 20.8. The molecule has 5 amide bonds. The quantitative estimate of drug-likeness (QED) is 0.0530. The van der Waals surface area contributed by atoms with Gasteiger partial charge in [-0.2, -0.15) is 4.91 Å². The number of hydrogen-bond acceptors (Lipinski definition) is 12. The van der Waals surface area contributed by atoms with Gasteiger partial charge in [-0.25, -0.2) is 0 Å². The molecule has 5 N–H and O–H groups in total. The van der Waals surface area contributed by atoms with Gasteiger partial charge in [0.1, 0.15) is 35.1 Å². The highest BCUT2D eigenvalue weighted by molar-refractivity contribution is 6.07. The van der Waals surface area contributed by atoms with Crippen molar-refractivity contribution in [3.05, 3.63) is 112 Å². The van der Waals surface area contributed by atoms with E-state index in [1.807, 2.05) is 27.7 Å². The Morgan fingerprint density at radius 3 is 2.25 bits per heavy atom. The zero-order valence-corrected chi connectivity index (χ0v) is 35.4. The van der Waals surface area contributed by atoms with E-state index in [2.05, 4.69) is 31.3 Å². The first-order chi connectivity index (χ1) is 30.2. The van der Waals surface area contributed by atoms with Gasteiger partial charge in [-0.15, -0.1) is 10.2 Å². The largest absolute Gasteiger partial charge is 0.508 e. The molecular weight excluding hydrogens is 809 g/mol. The number of carbonyl (C=O) groups excluding carboxylic acids is 5. The Balaban J connectivity index is 1.04. The van der Waals surface area contributed by atoms with Crippen LogP contribution in [0.3, 0.4) is 0 Å². The second-order valence-corrected chi connectivity index (χ2v) is 16.3. The number of piperidine rings is 1. The number of rotatable bonds is 15. The Hall–Kier alpha value is -7.43. The van der Waals surface area contributed by atoms with Crippen molar-refractivity contribution >= 4 is 35.2 Å². The summed E-state index contributed by atoms with van der Waals surface area (Å²) in [6, 6.07) is 18.6. The number of phenols is 2. The van der Waals surface area contributed by atoms with Crippen molar-refractivity contribution in [2.24, 2.45) is 11.1 Å². The van der Waals surface area contributed by atoms with E-state index in [9.17, 15) is 39.1 Å². The Bertz CT molecular complexity index is 2590. The van der Waals surface area contributed by atoms with Crippen molar-refractivity contribution in [1.82, 2.24) is 30.3 Å². The number of benzene rings is 4. The molecule has 2 unspecified atom stereocenters. The number of nitrogens with one attached hydrogen (secondary N) is 3. The number of amides is 5. The summed E-state index contributed by atoms with van der Waals surface area (Å²) >= 11 is 0. The van der Waals surface area contributed by atoms with Gasteiger partial charge in [0.15, 0.2) is 17.7 Å². The fourth-order valence-electron chi connectivity index (χ4n) is 7.82. The maximum atomic E-state index is 13.8. The third-order valence-corrected chi connectivity index (χ3v) is 11.1. The van der Waals surface area contributed by atoms with Crippen LogP contribution in [-0.2, 0) is 20.9 Å². The molecule has 3 atom stereocenters. The van der Waals surface area contributed by atoms with Crippen LogP contribution >= 0.6 is 0 Å². The van der Waals surface area contributed by atoms with Crippen molar-refractivity contribution in [2.75, 3.05) is 5.32 Å². The maximum absolute atomic E-state index is 13.8. The highest BCUT2D eigenvalue weighted by Crippen LogP contribution is 2.40. The summed E-state index contributed by atoms with van der Waals surface area (Å²) in [5.74, 6) is -1.14. The van der Waals surface area contributed by atoms with Crippen LogP contribution in [0.25, 0.3) is 17.1 Å². The highest BCUT2D eigenvalue weighted by atomic mass is 16.5. The molecule has 0 bridgehead atoms. The van der Waals surface area contributed by atoms with Gasteiger partial charge in [-0.1, -0.05) is 45.9 Å². The molecule has 0 aliphatic carbocycles. The standard InChI is InChI=1S/C46H48N8O9/c1-6-34(52-62)42-51-50-41(32-21-31(25(4)5)38(55)22-39(32)56)54(42)27-12-16-29(17-13-27)63-28-14-10-26(11-15-28)43(58)48-36(20-24(2)3)44(59)47-35-9-7-8-30-33(35)23-53(46(30)61)37-18-19-40(57)49-45(37)60/h7-17,21-22,24-25,34,36-37,55-56H,6,18-20,23H2,1-5H3,(H,47,59)(H,48,58)(H,49,57,60)/t34?,36-,37?/m0/s1. The normalized spacial score (nSPS) is 15.8. The number of hydrogen-bond donors (Lipinski definition) is 5. The smallest absolute Gasteiger partial charge is 0.255 e. The second kappa shape index (κ2) is 18.3. The molecule has 0 radical (unpaired) electrons. The molecule has 3 heterocycles. The van der Waals surface area contributed by atoms with E-state index in [1.54, 1.807) is 84.3 Å². The summed E-state index contributed by atoms with van der Waals surface area (Å²) in [4.78, 5) is 78.2. The van der Waals surface area contributed by atoms with E-state index in [0.29, 0.717) is 58.0 Å². The van der Waals surface area contributed by atoms with Gasteiger partial charge >= 0.3 is 0 Å². The fraction of sp³-hybridized carbons (Fsp3) is 0.326. The Kier molecular flexibility index (Phi) is 12.7. The van der Waals surface area contributed by atoms with Gasteiger partial charge in [0, 0.05) is 47.1 Å². The van der Waals surface area contributed by atoms with E-state index in [4.69, 9.17) is 4.74 Å². The molecular formula is C46H48N8O9. The zero-order valence-electron chi connectivity index (χ0n) is 35.4. The lowest BCUT2D eigenvalue weighted by Crippen LogP contribution is -2.52. The number of phenolic OH excluding ortho intramolecular Hbond substituents is 2. The number of aromatic nitrogens is 3. The van der Waals surface area contributed by atoms with Gasteiger partial charge in [-0.05, 0) is 103 Å². The predicted molar refractivity (Wildman–Crippen MR) is 231 cm³/mol. The number of nitrogens with zero attached hydrogens (tertiary/aromatic N) is 5. The van der Waals surface area contributed by atoms with Crippen LogP contribution in [0.2, 0.25) is 0 Å². The lowest BCUT2D eigenvalue weighted by molar-refractivity contribution is -0.137. The summed E-state index contributed by atoms with van der Waals surface area (Å²) in [6.45, 7) is 9.56. The summed E-state index contributed by atoms with van der Waals surface area (Å²) in [6.07, 6.45) is 1.01. The molecule has 4 aromatic carbocycles. The van der Waals surface area contributed by atoms with Crippen molar-refractivity contribution in [1.29, 1.82) is 0 Å². The Morgan fingerprint density at radius 1 is 0.921 bits per heavy atom. The summed E-state index contributed by atoms with van der Waals surface area (Å²) < 4.78 is 7.74. The monoisotopic (exact) mass is 856 g/mol. The molecule has 1 fully saturated rings. The van der Waals surface area contributed by atoms with Crippen molar-refractivity contribution in [3.8, 4) is 40.1 Å². The molecule has 17 nitrogen and oxygen atoms in total. The number of carbonyl (C=O) groups is 5. The molecule has 1 aromatic heterocycles. The lowest BCUT2D eigenvalue weighted by atomic mass is 9.98. The minimum absolute atomic E-state index is 0.0324. The predicted octanol–water partition coefficient (Wildman–Crippen LogP) is 7.02. The summed E-state index contributed by atoms with van der Waals surface area (Å²) in [5.41, 5.74) is 3.04. The van der Waals surface area contributed by atoms with Gasteiger partial charge in [0.05, 0.1) is 5.56 Å². The van der Waals surface area contributed by atoms with E-state index in [1.165, 1.54) is 11.0 Å². The number of aromatic hydroxyl groups is 2. The van der Waals surface area contributed by atoms with Gasteiger partial charge in [0.25, 0.3) is 11.8 Å². The number of anilines is 1. The summed E-state index contributed by atoms with van der Waals surface area (Å²) in [5, 5.41) is 41.2. The van der Waals surface area contributed by atoms with Gasteiger partial charge in [0.2, 0.25) is 17.7 Å². The van der Waals surface area contributed by atoms with E-state index < -0.39 is 35.8 Å². The first-order valence-corrected chi connectivity index (χ1v) is 20.8. The Morgan fingerprint density at radius 2 is 1.62 bits per heavy atom. The van der Waals surface area contributed by atoms with Crippen LogP contribution in [-0.4, -0.2) is 71.5 Å². The molecule has 0 spiro atoms. The second-order valence-electron chi connectivity index (χ2n) is 16.3. The molecule has 5 aromatic rings. The van der Waals surface area contributed by atoms with E-state index in [-0.39, 0.29) is 71.7 Å². The van der Waals surface area contributed by atoms with Gasteiger partial charge < -0.3 is 30.5 Å². The maximum Gasteiger partial charge on any atom is 0.255 e. The number of nitroso groups, excluding NO2 is 1. The number of ether oxygens (including phenoxy) is 1. The first kappa shape index (κ1) is 43.7. The topological polar surface area (TPSA) is 235 Å². The molecule has 63 heavy (non-hydrogen) atoms. The minimum atomic E-state index is -0.928. The molecule has 2 aliphatic heterocycles. The summed E-state index contributed by atoms with van der Waals surface area (Å²) in [7, 11) is 0. The Labute approximate surface area is 362 Å². The SMILES string of the molecule is CCC(N=O)c1nnc(-c2cc(C(C)C)c(O)cc2O)n1-c1ccc(Oc2ccc(C(=O)N[C@@H](CC(C)C)C(=O)Nc3cccc4c3CN(C3CCC(=O)NC3=O)C4=O)cc2)cc1. The highest BCUT2D eigenvalue weighted by Gasteiger charge is 2.40. The van der Waals surface area contributed by atoms with Crippen LogP contribution < -0.4 is 20.7 Å². The molecule has 7 rings (SSSR count). The average Bonchev–Trinajstić information content (AvgIpc) is 3.83. The van der Waals surface area contributed by atoms with Crippen LogP contribution in [0.15, 0.2) is 84.0 Å². The van der Waals surface area contributed by atoms with Crippen molar-refractivity contribution in [2.45, 2.75) is 90.9 Å². The number of fused-ring (bicyclic) bond motifs is 1. The van der Waals surface area contributed by atoms with Crippen LogP contribution in [0.4, 0.5) is 5.69 Å². The minimum Gasteiger partial charge on any atom is -0.508 e. The zero-order chi connectivity index (χ0) is 45.1.